The van der Waals surface area contributed by atoms with Gasteiger partial charge in [-0.25, -0.2) is 8.42 Å². The number of para-hydroxylation sites is 1. The largest absolute Gasteiger partial charge is 0.495 e. The highest BCUT2D eigenvalue weighted by molar-refractivity contribution is 7.89. The second-order valence-corrected chi connectivity index (χ2v) is 9.24. The Labute approximate surface area is 177 Å². The summed E-state index contributed by atoms with van der Waals surface area (Å²) in [5, 5.41) is 2.70. The van der Waals surface area contributed by atoms with Crippen LogP contribution in [0.3, 0.4) is 0 Å². The van der Waals surface area contributed by atoms with Crippen LogP contribution in [-0.4, -0.2) is 44.1 Å². The second kappa shape index (κ2) is 8.97. The molecule has 1 unspecified atom stereocenters. The zero-order valence-electron chi connectivity index (χ0n) is 17.3. The summed E-state index contributed by atoms with van der Waals surface area (Å²) in [6.07, 6.45) is 2.58. The molecule has 1 aliphatic heterocycles. The number of ketones is 1. The molecule has 160 valence electrons. The lowest BCUT2D eigenvalue weighted by molar-refractivity contribution is 0.101. The van der Waals surface area contributed by atoms with E-state index in [-0.39, 0.29) is 28.0 Å². The molecule has 1 saturated heterocycles. The molecule has 8 heteroatoms. The Morgan fingerprint density at radius 3 is 2.53 bits per heavy atom. The van der Waals surface area contributed by atoms with Crippen molar-refractivity contribution in [2.45, 2.75) is 44.0 Å². The average molecular weight is 431 g/mol. The van der Waals surface area contributed by atoms with E-state index in [0.717, 1.165) is 19.3 Å². The van der Waals surface area contributed by atoms with E-state index in [4.69, 9.17) is 4.74 Å². The van der Waals surface area contributed by atoms with Gasteiger partial charge in [-0.05, 0) is 57.0 Å². The summed E-state index contributed by atoms with van der Waals surface area (Å²) in [5.74, 6) is -0.495. The van der Waals surface area contributed by atoms with Crippen LogP contribution in [0.25, 0.3) is 0 Å². The Bertz CT molecular complexity index is 1060. The standard InChI is InChI=1S/C22H26N2O5S/c1-15-8-6-7-13-24(15)30(27,28)21-14-17(11-12-20(21)29-3)22(26)23-19-10-5-4-9-18(19)16(2)25/h4-5,9-12,14-15H,6-8,13H2,1-3H3,(H,23,26). The molecule has 1 amide bonds. The van der Waals surface area contributed by atoms with Gasteiger partial charge in [0.25, 0.3) is 5.91 Å². The molecule has 0 spiro atoms. The molecule has 2 aromatic carbocycles. The smallest absolute Gasteiger partial charge is 0.255 e. The fourth-order valence-corrected chi connectivity index (χ4v) is 5.55. The first-order valence-corrected chi connectivity index (χ1v) is 11.3. The number of hydrogen-bond donors (Lipinski definition) is 1. The van der Waals surface area contributed by atoms with Gasteiger partial charge >= 0.3 is 0 Å². The summed E-state index contributed by atoms with van der Waals surface area (Å²) in [6.45, 7) is 3.75. The van der Waals surface area contributed by atoms with E-state index >= 15 is 0 Å². The predicted molar refractivity (Wildman–Crippen MR) is 115 cm³/mol. The first-order valence-electron chi connectivity index (χ1n) is 9.87. The lowest BCUT2D eigenvalue weighted by Gasteiger charge is -2.32. The molecule has 0 radical (unpaired) electrons. The maximum Gasteiger partial charge on any atom is 0.255 e. The van der Waals surface area contributed by atoms with Crippen LogP contribution in [0, 0.1) is 0 Å². The van der Waals surface area contributed by atoms with Crippen molar-refractivity contribution in [1.29, 1.82) is 0 Å². The van der Waals surface area contributed by atoms with E-state index in [2.05, 4.69) is 5.32 Å². The third-order valence-electron chi connectivity index (χ3n) is 5.31. The van der Waals surface area contributed by atoms with Crippen molar-refractivity contribution in [2.75, 3.05) is 19.0 Å². The molecule has 0 aliphatic carbocycles. The molecule has 1 aliphatic rings. The number of carbonyl (C=O) groups excluding carboxylic acids is 2. The zero-order chi connectivity index (χ0) is 21.9. The Morgan fingerprint density at radius 2 is 1.87 bits per heavy atom. The van der Waals surface area contributed by atoms with Crippen molar-refractivity contribution in [3.8, 4) is 5.75 Å². The van der Waals surface area contributed by atoms with Crippen molar-refractivity contribution in [3.05, 3.63) is 53.6 Å². The summed E-state index contributed by atoms with van der Waals surface area (Å²) in [6, 6.07) is 10.9. The second-order valence-electron chi connectivity index (χ2n) is 7.38. The van der Waals surface area contributed by atoms with Gasteiger partial charge in [0.2, 0.25) is 10.0 Å². The molecule has 30 heavy (non-hydrogen) atoms. The summed E-state index contributed by atoms with van der Waals surface area (Å²) in [5.41, 5.74) is 0.923. The average Bonchev–Trinajstić information content (AvgIpc) is 2.73. The lowest BCUT2D eigenvalue weighted by Crippen LogP contribution is -2.42. The molecule has 7 nitrogen and oxygen atoms in total. The molecule has 0 saturated carbocycles. The maximum absolute atomic E-state index is 13.3. The van der Waals surface area contributed by atoms with E-state index in [0.29, 0.717) is 17.8 Å². The predicted octanol–water partition coefficient (Wildman–Crippen LogP) is 3.71. The van der Waals surface area contributed by atoms with Gasteiger partial charge in [-0.3, -0.25) is 9.59 Å². The van der Waals surface area contributed by atoms with Crippen LogP contribution in [0.15, 0.2) is 47.4 Å². The van der Waals surface area contributed by atoms with Gasteiger partial charge in [0.05, 0.1) is 12.8 Å². The molecular weight excluding hydrogens is 404 g/mol. The Balaban J connectivity index is 1.97. The van der Waals surface area contributed by atoms with Crippen LogP contribution in [0.1, 0.15) is 53.8 Å². The molecular formula is C22H26N2O5S. The number of methoxy groups -OCH3 is 1. The SMILES string of the molecule is COc1ccc(C(=O)Nc2ccccc2C(C)=O)cc1S(=O)(=O)N1CCCCC1C. The number of ether oxygens (including phenoxy) is 1. The van der Waals surface area contributed by atoms with Gasteiger partial charge in [-0.1, -0.05) is 18.6 Å². The molecule has 1 N–H and O–H groups in total. The minimum absolute atomic E-state index is 0.0359. The summed E-state index contributed by atoms with van der Waals surface area (Å²) in [4.78, 5) is 24.6. The molecule has 3 rings (SSSR count). The normalized spacial score (nSPS) is 17.4. The molecule has 1 atom stereocenters. The summed E-state index contributed by atoms with van der Waals surface area (Å²) in [7, 11) is -2.43. The van der Waals surface area contributed by atoms with Crippen LogP contribution < -0.4 is 10.1 Å². The van der Waals surface area contributed by atoms with Crippen LogP contribution in [0.2, 0.25) is 0 Å². The van der Waals surface area contributed by atoms with Crippen LogP contribution in [0.4, 0.5) is 5.69 Å². The molecule has 2 aromatic rings. The van der Waals surface area contributed by atoms with Crippen LogP contribution in [0.5, 0.6) is 5.75 Å². The number of sulfonamides is 1. The third kappa shape index (κ3) is 4.39. The summed E-state index contributed by atoms with van der Waals surface area (Å²) >= 11 is 0. The molecule has 1 fully saturated rings. The number of nitrogens with one attached hydrogen (secondary N) is 1. The van der Waals surface area contributed by atoms with Crippen molar-refractivity contribution in [1.82, 2.24) is 4.31 Å². The van der Waals surface area contributed by atoms with E-state index in [1.165, 1.54) is 36.5 Å². The van der Waals surface area contributed by atoms with E-state index < -0.39 is 15.9 Å². The van der Waals surface area contributed by atoms with E-state index in [1.807, 2.05) is 6.92 Å². The first-order chi connectivity index (χ1) is 14.3. The number of hydrogen-bond acceptors (Lipinski definition) is 5. The van der Waals surface area contributed by atoms with Crippen LogP contribution in [-0.2, 0) is 10.0 Å². The first kappa shape index (κ1) is 22.0. The minimum Gasteiger partial charge on any atom is -0.495 e. The van der Waals surface area contributed by atoms with Gasteiger partial charge in [0.15, 0.2) is 5.78 Å². The third-order valence-corrected chi connectivity index (χ3v) is 7.34. The number of piperidine rings is 1. The van der Waals surface area contributed by atoms with Gasteiger partial charge in [-0.2, -0.15) is 4.31 Å². The molecule has 1 heterocycles. The van der Waals surface area contributed by atoms with Crippen molar-refractivity contribution >= 4 is 27.4 Å². The number of Topliss-reactive ketones (excluding diaryl/α,β-unsaturated/α-hetero) is 1. The number of anilines is 1. The van der Waals surface area contributed by atoms with E-state index in [9.17, 15) is 18.0 Å². The van der Waals surface area contributed by atoms with E-state index in [1.54, 1.807) is 24.3 Å². The van der Waals surface area contributed by atoms with Crippen molar-refractivity contribution in [3.63, 3.8) is 0 Å². The fraction of sp³-hybridized carbons (Fsp3) is 0.364. The van der Waals surface area contributed by atoms with Gasteiger partial charge < -0.3 is 10.1 Å². The number of amides is 1. The molecule has 0 aromatic heterocycles. The number of benzene rings is 2. The Kier molecular flexibility index (Phi) is 6.58. The van der Waals surface area contributed by atoms with Gasteiger partial charge in [-0.15, -0.1) is 0 Å². The summed E-state index contributed by atoms with van der Waals surface area (Å²) < 4.78 is 33.4. The molecule has 0 bridgehead atoms. The fourth-order valence-electron chi connectivity index (χ4n) is 3.67. The monoisotopic (exact) mass is 430 g/mol. The number of carbonyl (C=O) groups is 2. The Morgan fingerprint density at radius 1 is 1.13 bits per heavy atom. The highest BCUT2D eigenvalue weighted by Crippen LogP contribution is 2.32. The Hall–Kier alpha value is -2.71. The highest BCUT2D eigenvalue weighted by Gasteiger charge is 2.33. The lowest BCUT2D eigenvalue weighted by atomic mass is 10.1. The maximum atomic E-state index is 13.3. The highest BCUT2D eigenvalue weighted by atomic mass is 32.2. The van der Waals surface area contributed by atoms with Gasteiger partial charge in [0, 0.05) is 23.7 Å². The quantitative estimate of drug-likeness (QED) is 0.705. The number of rotatable bonds is 6. The van der Waals surface area contributed by atoms with Crippen molar-refractivity contribution < 1.29 is 22.7 Å². The van der Waals surface area contributed by atoms with Gasteiger partial charge in [0.1, 0.15) is 10.6 Å². The van der Waals surface area contributed by atoms with Crippen LogP contribution >= 0.6 is 0 Å². The topological polar surface area (TPSA) is 92.8 Å². The number of nitrogens with zero attached hydrogens (tertiary/aromatic N) is 1. The minimum atomic E-state index is -3.83. The van der Waals surface area contributed by atoms with Crippen molar-refractivity contribution in [2.24, 2.45) is 0 Å². The zero-order valence-corrected chi connectivity index (χ0v) is 18.2.